The fourth-order valence-electron chi connectivity index (χ4n) is 3.92. The van der Waals surface area contributed by atoms with Crippen LogP contribution in [0.4, 0.5) is 0 Å². The van der Waals surface area contributed by atoms with Crippen molar-refractivity contribution in [2.45, 2.75) is 90.9 Å². The third-order valence-corrected chi connectivity index (χ3v) is 5.37. The minimum Gasteiger partial charge on any atom is -0.461 e. The fraction of sp³-hybridized carbons (Fsp3) is 0.762. The highest BCUT2D eigenvalue weighted by Gasteiger charge is 2.64. The van der Waals surface area contributed by atoms with E-state index in [0.29, 0.717) is 0 Å². The van der Waals surface area contributed by atoms with Gasteiger partial charge in [-0.1, -0.05) is 13.8 Å². The van der Waals surface area contributed by atoms with Crippen LogP contribution in [0.15, 0.2) is 0 Å². The molecular formula is C21H33NO10. The number of carbonyl (C=O) groups is 5. The van der Waals surface area contributed by atoms with Gasteiger partial charge in [-0.3, -0.25) is 19.2 Å². The molecule has 0 aliphatic carbocycles. The Morgan fingerprint density at radius 2 is 1.56 bits per heavy atom. The van der Waals surface area contributed by atoms with Crippen LogP contribution in [0, 0.1) is 5.92 Å². The van der Waals surface area contributed by atoms with E-state index in [1.165, 1.54) is 13.8 Å². The Balaban J connectivity index is 3.71. The molecule has 0 amide bonds. The normalized spacial score (nSPS) is 29.2. The van der Waals surface area contributed by atoms with E-state index >= 15 is 0 Å². The van der Waals surface area contributed by atoms with E-state index in [4.69, 9.17) is 29.4 Å². The van der Waals surface area contributed by atoms with Gasteiger partial charge >= 0.3 is 29.7 Å². The maximum atomic E-state index is 12.8. The first-order chi connectivity index (χ1) is 14.7. The number of nitrogens with two attached hydrogens (primary N) is 1. The monoisotopic (exact) mass is 459 g/mol. The molecule has 32 heavy (non-hydrogen) atoms. The van der Waals surface area contributed by atoms with Crippen LogP contribution in [-0.2, 0) is 47.7 Å². The van der Waals surface area contributed by atoms with E-state index in [1.54, 1.807) is 20.8 Å². The third-order valence-electron chi connectivity index (χ3n) is 5.37. The largest absolute Gasteiger partial charge is 0.461 e. The van der Waals surface area contributed by atoms with Crippen molar-refractivity contribution in [2.75, 3.05) is 6.61 Å². The Hall–Kier alpha value is -2.53. The maximum Gasteiger partial charge on any atom is 0.379 e. The molecule has 2 N–H and O–H groups in total. The van der Waals surface area contributed by atoms with E-state index in [-0.39, 0.29) is 19.4 Å². The summed E-state index contributed by atoms with van der Waals surface area (Å²) in [4.78, 5) is 61.0. The molecule has 1 heterocycles. The van der Waals surface area contributed by atoms with Crippen LogP contribution in [0.25, 0.3) is 0 Å². The highest BCUT2D eigenvalue weighted by atomic mass is 16.8. The van der Waals surface area contributed by atoms with Crippen molar-refractivity contribution in [2.24, 2.45) is 11.7 Å². The van der Waals surface area contributed by atoms with E-state index in [1.807, 2.05) is 0 Å². The molecule has 6 atom stereocenters. The maximum absolute atomic E-state index is 12.8. The van der Waals surface area contributed by atoms with E-state index in [2.05, 4.69) is 0 Å². The Labute approximate surface area is 187 Å². The minimum atomic E-state index is -2.24. The second-order valence-electron chi connectivity index (χ2n) is 7.83. The summed E-state index contributed by atoms with van der Waals surface area (Å²) in [6.45, 7) is 9.35. The zero-order chi connectivity index (χ0) is 24.9. The molecule has 182 valence electrons. The second kappa shape index (κ2) is 10.9. The molecule has 1 aliphatic heterocycles. The molecule has 1 aliphatic rings. The smallest absolute Gasteiger partial charge is 0.379 e. The summed E-state index contributed by atoms with van der Waals surface area (Å²) in [6.07, 6.45) is -4.08. The number of hydrogen-bond acceptors (Lipinski definition) is 11. The molecule has 0 bridgehead atoms. The predicted octanol–water partition coefficient (Wildman–Crippen LogP) is 0.794. The summed E-state index contributed by atoms with van der Waals surface area (Å²) in [5, 5.41) is 0. The van der Waals surface area contributed by atoms with Crippen molar-refractivity contribution in [1.82, 2.24) is 0 Å². The second-order valence-corrected chi connectivity index (χ2v) is 7.83. The molecule has 1 saturated heterocycles. The summed E-state index contributed by atoms with van der Waals surface area (Å²) in [5.41, 5.74) is 4.74. The quantitative estimate of drug-likeness (QED) is 0.384. The van der Waals surface area contributed by atoms with Crippen molar-refractivity contribution in [3.05, 3.63) is 0 Å². The van der Waals surface area contributed by atoms with Crippen LogP contribution in [0.3, 0.4) is 0 Å². The third kappa shape index (κ3) is 5.83. The minimum absolute atomic E-state index is 0.0386. The van der Waals surface area contributed by atoms with Crippen LogP contribution < -0.4 is 5.73 Å². The highest BCUT2D eigenvalue weighted by molar-refractivity contribution is 5.89. The average Bonchev–Trinajstić information content (AvgIpc) is 2.66. The van der Waals surface area contributed by atoms with Gasteiger partial charge in [0.1, 0.15) is 17.7 Å². The number of carbonyl (C=O) groups excluding carboxylic acids is 5. The van der Waals surface area contributed by atoms with Gasteiger partial charge in [0.15, 0.2) is 11.9 Å². The van der Waals surface area contributed by atoms with E-state index in [0.717, 1.165) is 13.8 Å². The molecule has 11 heteroatoms. The molecule has 0 radical (unpaired) electrons. The van der Waals surface area contributed by atoms with Crippen molar-refractivity contribution in [3.63, 3.8) is 0 Å². The molecule has 0 spiro atoms. The summed E-state index contributed by atoms with van der Waals surface area (Å²) >= 11 is 0. The van der Waals surface area contributed by atoms with Gasteiger partial charge in [0.05, 0.1) is 6.61 Å². The van der Waals surface area contributed by atoms with Gasteiger partial charge in [-0.05, 0) is 26.2 Å². The lowest BCUT2D eigenvalue weighted by Crippen LogP contribution is -2.74. The summed E-state index contributed by atoms with van der Waals surface area (Å²) in [5.74, 6) is -6.83. The summed E-state index contributed by atoms with van der Waals surface area (Å²) in [7, 11) is 0. The Kier molecular flexibility index (Phi) is 9.34. The first kappa shape index (κ1) is 27.5. The average molecular weight is 459 g/mol. The van der Waals surface area contributed by atoms with Crippen LogP contribution in [-0.4, -0.2) is 65.9 Å². The van der Waals surface area contributed by atoms with Crippen molar-refractivity contribution < 1.29 is 47.7 Å². The molecule has 4 unspecified atom stereocenters. The van der Waals surface area contributed by atoms with Crippen LogP contribution in [0.2, 0.25) is 0 Å². The van der Waals surface area contributed by atoms with Crippen molar-refractivity contribution in [3.8, 4) is 0 Å². The lowest BCUT2D eigenvalue weighted by atomic mass is 9.70. The number of ketones is 1. The molecule has 0 aromatic carbocycles. The topological polar surface area (TPSA) is 158 Å². The van der Waals surface area contributed by atoms with Gasteiger partial charge < -0.3 is 29.4 Å². The van der Waals surface area contributed by atoms with Gasteiger partial charge in [-0.25, -0.2) is 4.79 Å². The van der Waals surface area contributed by atoms with Gasteiger partial charge in [0.2, 0.25) is 0 Å². The van der Waals surface area contributed by atoms with E-state index < -0.39 is 65.2 Å². The number of hydrogen-bond donors (Lipinski definition) is 1. The van der Waals surface area contributed by atoms with Gasteiger partial charge in [-0.15, -0.1) is 0 Å². The first-order valence-corrected chi connectivity index (χ1v) is 10.4. The molecule has 11 nitrogen and oxygen atoms in total. The first-order valence-electron chi connectivity index (χ1n) is 10.4. The predicted molar refractivity (Wildman–Crippen MR) is 109 cm³/mol. The summed E-state index contributed by atoms with van der Waals surface area (Å²) < 4.78 is 27.0. The Bertz CT molecular complexity index is 753. The van der Waals surface area contributed by atoms with Crippen LogP contribution >= 0.6 is 0 Å². The number of Topliss-reactive ketones (excluding diaryl/α,β-unsaturated/α-hetero) is 1. The molecule has 1 rings (SSSR count). The highest BCUT2D eigenvalue weighted by Crippen LogP contribution is 2.43. The molecule has 0 aromatic heterocycles. The number of esters is 4. The van der Waals surface area contributed by atoms with E-state index in [9.17, 15) is 24.0 Å². The van der Waals surface area contributed by atoms with Crippen molar-refractivity contribution in [1.29, 1.82) is 0 Å². The Morgan fingerprint density at radius 3 is 1.97 bits per heavy atom. The standard InChI is InChI=1S/C21H33NO10/c1-8-16(29-13(5)24)17(30-14(6)25)18-21(22,12(4)23)11(3)10-20(32-18,31-15(7)26)19(27)28-9-2/h11,16-18H,8-10,22H2,1-7H3/t11?,16-,17-,18?,20?,21?/m1/s1. The van der Waals surface area contributed by atoms with Gasteiger partial charge in [-0.2, -0.15) is 0 Å². The fourth-order valence-corrected chi connectivity index (χ4v) is 3.92. The van der Waals surface area contributed by atoms with Gasteiger partial charge in [0, 0.05) is 27.2 Å². The molecule has 0 saturated carbocycles. The molecule has 0 aromatic rings. The summed E-state index contributed by atoms with van der Waals surface area (Å²) in [6, 6.07) is 0. The lowest BCUT2D eigenvalue weighted by molar-refractivity contribution is -0.304. The van der Waals surface area contributed by atoms with Crippen LogP contribution in [0.1, 0.15) is 61.3 Å². The zero-order valence-corrected chi connectivity index (χ0v) is 19.6. The Morgan fingerprint density at radius 1 is 1.00 bits per heavy atom. The SMILES string of the molecule is CCOC(=O)C1(OC(C)=O)CC(C)C(N)(C(C)=O)C([C@H](OC(C)=O)[C@@H](CC)OC(C)=O)O1. The molecule has 1 fully saturated rings. The number of ether oxygens (including phenoxy) is 5. The lowest BCUT2D eigenvalue weighted by Gasteiger charge is -2.52. The van der Waals surface area contributed by atoms with Crippen LogP contribution in [0.5, 0.6) is 0 Å². The number of rotatable bonds is 9. The van der Waals surface area contributed by atoms with Crippen molar-refractivity contribution >= 4 is 29.7 Å². The van der Waals surface area contributed by atoms with Gasteiger partial charge in [0.25, 0.3) is 0 Å². The molecular weight excluding hydrogens is 426 g/mol. The zero-order valence-electron chi connectivity index (χ0n) is 19.6.